The summed E-state index contributed by atoms with van der Waals surface area (Å²) >= 11 is 1.45. The number of nitrogens with zero attached hydrogens (tertiary/aromatic N) is 3. The molecule has 2 saturated heterocycles. The molecule has 3 heterocycles. The van der Waals surface area contributed by atoms with Crippen molar-refractivity contribution in [3.05, 3.63) is 70.4 Å². The summed E-state index contributed by atoms with van der Waals surface area (Å²) in [6.45, 7) is 4.74. The van der Waals surface area contributed by atoms with Crippen molar-refractivity contribution in [2.45, 2.75) is 25.4 Å². The zero-order valence-corrected chi connectivity index (χ0v) is 18.4. The second-order valence-electron chi connectivity index (χ2n) is 8.37. The second kappa shape index (κ2) is 8.81. The highest BCUT2D eigenvalue weighted by Crippen LogP contribution is 2.25. The summed E-state index contributed by atoms with van der Waals surface area (Å²) < 4.78 is 0. The van der Waals surface area contributed by atoms with Gasteiger partial charge in [-0.1, -0.05) is 48.5 Å². The van der Waals surface area contributed by atoms with Crippen molar-refractivity contribution < 1.29 is 9.59 Å². The lowest BCUT2D eigenvalue weighted by Crippen LogP contribution is -2.54. The van der Waals surface area contributed by atoms with Gasteiger partial charge in [0.1, 0.15) is 6.04 Å². The van der Waals surface area contributed by atoms with Crippen LogP contribution in [0.2, 0.25) is 0 Å². The quantitative estimate of drug-likeness (QED) is 0.628. The molecule has 0 bridgehead atoms. The molecule has 0 spiro atoms. The third kappa shape index (κ3) is 4.10. The Morgan fingerprint density at radius 2 is 1.71 bits per heavy atom. The molecule has 0 N–H and O–H groups in total. The van der Waals surface area contributed by atoms with E-state index >= 15 is 0 Å². The van der Waals surface area contributed by atoms with Crippen molar-refractivity contribution in [1.82, 2.24) is 14.7 Å². The Kier molecular flexibility index (Phi) is 5.74. The minimum atomic E-state index is -0.306. The van der Waals surface area contributed by atoms with Crippen LogP contribution in [0.15, 0.2) is 60.0 Å². The molecule has 160 valence electrons. The fourth-order valence-electron chi connectivity index (χ4n) is 4.82. The monoisotopic (exact) mass is 433 g/mol. The van der Waals surface area contributed by atoms with Gasteiger partial charge in [0.15, 0.2) is 0 Å². The largest absolute Gasteiger partial charge is 0.338 e. The number of fused-ring (bicyclic) bond motifs is 1. The second-order valence-corrected chi connectivity index (χ2v) is 9.32. The number of thiophene rings is 1. The minimum absolute atomic E-state index is 0.000409. The maximum Gasteiger partial charge on any atom is 0.264 e. The topological polar surface area (TPSA) is 43.9 Å². The van der Waals surface area contributed by atoms with Gasteiger partial charge in [0.25, 0.3) is 5.91 Å². The van der Waals surface area contributed by atoms with Crippen LogP contribution >= 0.6 is 11.3 Å². The molecule has 6 heteroatoms. The molecule has 2 amide bonds. The predicted octanol–water partition coefficient (Wildman–Crippen LogP) is 3.85. The first-order valence-electron chi connectivity index (χ1n) is 11.0. The molecule has 1 atom stereocenters. The van der Waals surface area contributed by atoms with E-state index in [9.17, 15) is 9.59 Å². The summed E-state index contributed by atoms with van der Waals surface area (Å²) in [5, 5.41) is 4.48. The van der Waals surface area contributed by atoms with Gasteiger partial charge >= 0.3 is 0 Å². The molecule has 5 nitrogen and oxygen atoms in total. The summed E-state index contributed by atoms with van der Waals surface area (Å²) in [6, 6.07) is 18.4. The van der Waals surface area contributed by atoms with Gasteiger partial charge in [-0.05, 0) is 40.6 Å². The molecular weight excluding hydrogens is 406 g/mol. The van der Waals surface area contributed by atoms with Crippen molar-refractivity contribution in [2.75, 3.05) is 32.7 Å². The van der Waals surface area contributed by atoms with Crippen LogP contribution in [-0.2, 0) is 11.3 Å². The molecule has 1 aromatic heterocycles. The smallest absolute Gasteiger partial charge is 0.264 e. The highest BCUT2D eigenvalue weighted by Gasteiger charge is 2.37. The van der Waals surface area contributed by atoms with E-state index < -0.39 is 0 Å². The Bertz CT molecular complexity index is 1070. The van der Waals surface area contributed by atoms with Crippen LogP contribution in [0.4, 0.5) is 0 Å². The van der Waals surface area contributed by atoms with E-state index in [1.807, 2.05) is 22.4 Å². The van der Waals surface area contributed by atoms with E-state index in [2.05, 4.69) is 47.4 Å². The van der Waals surface area contributed by atoms with Crippen molar-refractivity contribution >= 4 is 33.9 Å². The number of benzene rings is 2. The van der Waals surface area contributed by atoms with E-state index in [4.69, 9.17) is 0 Å². The van der Waals surface area contributed by atoms with Crippen molar-refractivity contribution in [2.24, 2.45) is 0 Å². The fourth-order valence-corrected chi connectivity index (χ4v) is 5.50. The maximum absolute atomic E-state index is 13.2. The molecule has 0 aliphatic carbocycles. The predicted molar refractivity (Wildman–Crippen MR) is 124 cm³/mol. The Hall–Kier alpha value is -2.70. The lowest BCUT2D eigenvalue weighted by Gasteiger charge is -2.37. The van der Waals surface area contributed by atoms with Gasteiger partial charge in [0, 0.05) is 39.3 Å². The van der Waals surface area contributed by atoms with Crippen LogP contribution in [0, 0.1) is 0 Å². The normalized spacial score (nSPS) is 19.8. The molecule has 0 radical (unpaired) electrons. The van der Waals surface area contributed by atoms with Crippen molar-refractivity contribution in [1.29, 1.82) is 0 Å². The first-order chi connectivity index (χ1) is 15.2. The zero-order valence-electron chi connectivity index (χ0n) is 17.6. The number of hydrogen-bond acceptors (Lipinski definition) is 4. The third-order valence-electron chi connectivity index (χ3n) is 6.49. The van der Waals surface area contributed by atoms with E-state index in [-0.39, 0.29) is 17.9 Å². The molecule has 0 unspecified atom stereocenters. The Morgan fingerprint density at radius 1 is 0.903 bits per heavy atom. The van der Waals surface area contributed by atoms with Crippen molar-refractivity contribution in [3.8, 4) is 0 Å². The van der Waals surface area contributed by atoms with Gasteiger partial charge in [-0.15, -0.1) is 11.3 Å². The standard InChI is InChI=1S/C25H27N3O2S/c29-24(22-10-4-12-28(22)25(30)23-11-5-17-31-23)27-15-13-26(14-16-27)18-20-8-3-7-19-6-1-2-9-21(19)20/h1-3,5-9,11,17,22H,4,10,12-16,18H2/t22-/m0/s1. The Morgan fingerprint density at radius 3 is 2.52 bits per heavy atom. The number of hydrogen-bond donors (Lipinski definition) is 0. The highest BCUT2D eigenvalue weighted by atomic mass is 32.1. The molecule has 2 aliphatic heterocycles. The number of likely N-dealkylation sites (tertiary alicyclic amines) is 1. The van der Waals surface area contributed by atoms with Gasteiger partial charge in [0.2, 0.25) is 5.91 Å². The summed E-state index contributed by atoms with van der Waals surface area (Å²) in [6.07, 6.45) is 1.67. The number of piperazine rings is 1. The minimum Gasteiger partial charge on any atom is -0.338 e. The molecule has 2 aromatic carbocycles. The Labute approximate surface area is 186 Å². The zero-order chi connectivity index (χ0) is 21.2. The van der Waals surface area contributed by atoms with E-state index in [0.29, 0.717) is 6.54 Å². The summed E-state index contributed by atoms with van der Waals surface area (Å²) in [7, 11) is 0. The average Bonchev–Trinajstić information content (AvgIpc) is 3.51. The lowest BCUT2D eigenvalue weighted by atomic mass is 10.0. The van der Waals surface area contributed by atoms with E-state index in [1.165, 1.54) is 27.7 Å². The van der Waals surface area contributed by atoms with Crippen LogP contribution in [0.5, 0.6) is 0 Å². The number of carbonyl (C=O) groups is 2. The molecule has 5 rings (SSSR count). The number of rotatable bonds is 4. The van der Waals surface area contributed by atoms with E-state index in [0.717, 1.165) is 50.4 Å². The van der Waals surface area contributed by atoms with Gasteiger partial charge in [-0.2, -0.15) is 0 Å². The highest BCUT2D eigenvalue weighted by molar-refractivity contribution is 7.12. The van der Waals surface area contributed by atoms with Crippen LogP contribution in [-0.4, -0.2) is 65.3 Å². The van der Waals surface area contributed by atoms with Crippen LogP contribution in [0.25, 0.3) is 10.8 Å². The fraction of sp³-hybridized carbons (Fsp3) is 0.360. The van der Waals surface area contributed by atoms with E-state index in [1.54, 1.807) is 4.90 Å². The van der Waals surface area contributed by atoms with Gasteiger partial charge in [-0.3, -0.25) is 14.5 Å². The number of carbonyl (C=O) groups excluding carboxylic acids is 2. The lowest BCUT2D eigenvalue weighted by molar-refractivity contribution is -0.137. The summed E-state index contributed by atoms with van der Waals surface area (Å²) in [5.41, 5.74) is 1.33. The maximum atomic E-state index is 13.2. The first kappa shape index (κ1) is 20.2. The molecule has 2 aliphatic rings. The Balaban J connectivity index is 1.21. The van der Waals surface area contributed by atoms with Gasteiger partial charge in [-0.25, -0.2) is 0 Å². The average molecular weight is 434 g/mol. The first-order valence-corrected chi connectivity index (χ1v) is 11.9. The molecule has 31 heavy (non-hydrogen) atoms. The number of amides is 2. The van der Waals surface area contributed by atoms with Crippen LogP contribution in [0.3, 0.4) is 0 Å². The third-order valence-corrected chi connectivity index (χ3v) is 7.35. The summed E-state index contributed by atoms with van der Waals surface area (Å²) in [5.74, 6) is 0.118. The SMILES string of the molecule is O=C([C@@H]1CCCN1C(=O)c1cccs1)N1CCN(Cc2cccc3ccccc23)CC1. The van der Waals surface area contributed by atoms with Crippen LogP contribution < -0.4 is 0 Å². The molecular formula is C25H27N3O2S. The summed E-state index contributed by atoms with van der Waals surface area (Å²) in [4.78, 5) is 33.0. The van der Waals surface area contributed by atoms with Crippen LogP contribution in [0.1, 0.15) is 28.1 Å². The van der Waals surface area contributed by atoms with Gasteiger partial charge < -0.3 is 9.80 Å². The molecule has 2 fully saturated rings. The molecule has 3 aromatic rings. The van der Waals surface area contributed by atoms with Crippen molar-refractivity contribution in [3.63, 3.8) is 0 Å². The molecule has 0 saturated carbocycles. The van der Waals surface area contributed by atoms with Gasteiger partial charge in [0.05, 0.1) is 4.88 Å².